The van der Waals surface area contributed by atoms with Gasteiger partial charge in [0.05, 0.1) is 13.0 Å². The highest BCUT2D eigenvalue weighted by Crippen LogP contribution is 2.36. The predicted octanol–water partition coefficient (Wildman–Crippen LogP) is 1.86. The lowest BCUT2D eigenvalue weighted by Gasteiger charge is -2.25. The fraction of sp³-hybridized carbons (Fsp3) is 0.500. The molecular weight excluding hydrogens is 246 g/mol. The molecule has 2 unspecified atom stereocenters. The second kappa shape index (κ2) is 5.48. The van der Waals surface area contributed by atoms with Crippen molar-refractivity contribution in [3.63, 3.8) is 0 Å². The van der Waals surface area contributed by atoms with Gasteiger partial charge in [0.15, 0.2) is 11.5 Å². The van der Waals surface area contributed by atoms with Gasteiger partial charge in [0.2, 0.25) is 6.79 Å². The second-order valence-corrected chi connectivity index (χ2v) is 4.93. The van der Waals surface area contributed by atoms with E-state index in [1.54, 1.807) is 0 Å². The standard InChI is InChI=1S/C14H19NO4/c1-8(2)12(14(16)17-3)13(15)9-4-5-10-11(6-9)19-7-18-10/h4-6,8,12-13H,7,15H2,1-3H3. The molecule has 0 saturated carbocycles. The summed E-state index contributed by atoms with van der Waals surface area (Å²) in [6.45, 7) is 4.13. The van der Waals surface area contributed by atoms with E-state index >= 15 is 0 Å². The Labute approximate surface area is 112 Å². The average Bonchev–Trinajstić information content (AvgIpc) is 2.85. The van der Waals surface area contributed by atoms with Gasteiger partial charge < -0.3 is 19.9 Å². The van der Waals surface area contributed by atoms with E-state index < -0.39 is 6.04 Å². The summed E-state index contributed by atoms with van der Waals surface area (Å²) in [5.41, 5.74) is 7.05. The molecular formula is C14H19NO4. The van der Waals surface area contributed by atoms with E-state index in [9.17, 15) is 4.79 Å². The largest absolute Gasteiger partial charge is 0.469 e. The molecule has 0 fully saturated rings. The molecule has 0 amide bonds. The molecule has 104 valence electrons. The fourth-order valence-corrected chi connectivity index (χ4v) is 2.30. The lowest BCUT2D eigenvalue weighted by atomic mass is 9.85. The van der Waals surface area contributed by atoms with Crippen LogP contribution in [-0.4, -0.2) is 19.9 Å². The molecule has 1 aliphatic heterocycles. The van der Waals surface area contributed by atoms with Crippen LogP contribution < -0.4 is 15.2 Å². The Bertz CT molecular complexity index is 473. The highest BCUT2D eigenvalue weighted by Gasteiger charge is 2.31. The van der Waals surface area contributed by atoms with Crippen LogP contribution >= 0.6 is 0 Å². The molecule has 0 aromatic heterocycles. The number of nitrogens with two attached hydrogens (primary N) is 1. The lowest BCUT2D eigenvalue weighted by Crippen LogP contribution is -2.33. The van der Waals surface area contributed by atoms with Crippen LogP contribution in [0.1, 0.15) is 25.5 Å². The van der Waals surface area contributed by atoms with Crippen LogP contribution in [0, 0.1) is 11.8 Å². The minimum atomic E-state index is -0.429. The van der Waals surface area contributed by atoms with Crippen molar-refractivity contribution in [2.45, 2.75) is 19.9 Å². The van der Waals surface area contributed by atoms with E-state index in [4.69, 9.17) is 19.9 Å². The minimum Gasteiger partial charge on any atom is -0.469 e. The maximum Gasteiger partial charge on any atom is 0.310 e. The van der Waals surface area contributed by atoms with Gasteiger partial charge in [-0.25, -0.2) is 0 Å². The number of hydrogen-bond acceptors (Lipinski definition) is 5. The number of rotatable bonds is 4. The molecule has 0 aliphatic carbocycles. The Morgan fingerprint density at radius 2 is 2.00 bits per heavy atom. The summed E-state index contributed by atoms with van der Waals surface area (Å²) in [6, 6.07) is 5.07. The minimum absolute atomic E-state index is 0.0906. The smallest absolute Gasteiger partial charge is 0.310 e. The first-order valence-corrected chi connectivity index (χ1v) is 6.27. The van der Waals surface area contributed by atoms with Crippen LogP contribution in [0.3, 0.4) is 0 Å². The van der Waals surface area contributed by atoms with Gasteiger partial charge in [0, 0.05) is 6.04 Å². The molecule has 1 aromatic carbocycles. The number of esters is 1. The summed E-state index contributed by atoms with van der Waals surface area (Å²) in [6.07, 6.45) is 0. The first kappa shape index (κ1) is 13.7. The average molecular weight is 265 g/mol. The molecule has 0 radical (unpaired) electrons. The lowest BCUT2D eigenvalue weighted by molar-refractivity contribution is -0.147. The third kappa shape index (κ3) is 2.66. The summed E-state index contributed by atoms with van der Waals surface area (Å²) < 4.78 is 15.4. The molecule has 1 aliphatic rings. The summed E-state index contributed by atoms with van der Waals surface area (Å²) >= 11 is 0. The SMILES string of the molecule is COC(=O)C(C(C)C)C(N)c1ccc2c(c1)OCO2. The number of carbonyl (C=O) groups excluding carboxylic acids is 1. The maximum atomic E-state index is 11.8. The topological polar surface area (TPSA) is 70.8 Å². The van der Waals surface area contributed by atoms with Crippen molar-refractivity contribution in [1.29, 1.82) is 0 Å². The quantitative estimate of drug-likeness (QED) is 0.841. The Balaban J connectivity index is 2.26. The van der Waals surface area contributed by atoms with Crippen molar-refractivity contribution < 1.29 is 19.0 Å². The van der Waals surface area contributed by atoms with Crippen LogP contribution in [0.15, 0.2) is 18.2 Å². The molecule has 2 N–H and O–H groups in total. The zero-order valence-corrected chi connectivity index (χ0v) is 11.4. The summed E-state index contributed by atoms with van der Waals surface area (Å²) in [4.78, 5) is 11.8. The van der Waals surface area contributed by atoms with E-state index in [0.29, 0.717) is 11.5 Å². The van der Waals surface area contributed by atoms with Gasteiger partial charge in [-0.3, -0.25) is 4.79 Å². The number of fused-ring (bicyclic) bond motifs is 1. The first-order valence-electron chi connectivity index (χ1n) is 6.27. The molecule has 2 rings (SSSR count). The molecule has 1 heterocycles. The van der Waals surface area contributed by atoms with Crippen molar-refractivity contribution in [2.24, 2.45) is 17.6 Å². The van der Waals surface area contributed by atoms with Crippen molar-refractivity contribution in [3.8, 4) is 11.5 Å². The van der Waals surface area contributed by atoms with Crippen LogP contribution in [0.5, 0.6) is 11.5 Å². The van der Waals surface area contributed by atoms with Crippen molar-refractivity contribution in [2.75, 3.05) is 13.9 Å². The third-order valence-corrected chi connectivity index (χ3v) is 3.36. The molecule has 0 bridgehead atoms. The Morgan fingerprint density at radius 3 is 2.63 bits per heavy atom. The zero-order valence-electron chi connectivity index (χ0n) is 11.4. The third-order valence-electron chi connectivity index (χ3n) is 3.36. The van der Waals surface area contributed by atoms with E-state index in [-0.39, 0.29) is 24.6 Å². The highest BCUT2D eigenvalue weighted by molar-refractivity contribution is 5.73. The van der Waals surface area contributed by atoms with Crippen molar-refractivity contribution in [3.05, 3.63) is 23.8 Å². The molecule has 5 heteroatoms. The number of ether oxygens (including phenoxy) is 3. The monoisotopic (exact) mass is 265 g/mol. The van der Waals surface area contributed by atoms with Crippen LogP contribution in [0.25, 0.3) is 0 Å². The van der Waals surface area contributed by atoms with Crippen molar-refractivity contribution >= 4 is 5.97 Å². The number of hydrogen-bond donors (Lipinski definition) is 1. The number of carbonyl (C=O) groups is 1. The van der Waals surface area contributed by atoms with Crippen LogP contribution in [0.2, 0.25) is 0 Å². The summed E-state index contributed by atoms with van der Waals surface area (Å²) in [7, 11) is 1.38. The van der Waals surface area contributed by atoms with E-state index in [0.717, 1.165) is 5.56 Å². The van der Waals surface area contributed by atoms with Gasteiger partial charge in [0.25, 0.3) is 0 Å². The molecule has 1 aromatic rings. The van der Waals surface area contributed by atoms with Gasteiger partial charge in [-0.1, -0.05) is 19.9 Å². The summed E-state index contributed by atoms with van der Waals surface area (Å²) in [5.74, 6) is 0.786. The fourth-order valence-electron chi connectivity index (χ4n) is 2.30. The molecule has 2 atom stereocenters. The maximum absolute atomic E-state index is 11.8. The van der Waals surface area contributed by atoms with Gasteiger partial charge in [-0.05, 0) is 23.6 Å². The normalized spacial score (nSPS) is 16.3. The zero-order chi connectivity index (χ0) is 14.0. The summed E-state index contributed by atoms with van der Waals surface area (Å²) in [5, 5.41) is 0. The Kier molecular flexibility index (Phi) is 3.95. The van der Waals surface area contributed by atoms with Gasteiger partial charge >= 0.3 is 5.97 Å². The first-order chi connectivity index (χ1) is 9.04. The Morgan fingerprint density at radius 1 is 1.32 bits per heavy atom. The van der Waals surface area contributed by atoms with Gasteiger partial charge in [-0.2, -0.15) is 0 Å². The van der Waals surface area contributed by atoms with Crippen LogP contribution in [-0.2, 0) is 9.53 Å². The van der Waals surface area contributed by atoms with Crippen molar-refractivity contribution in [1.82, 2.24) is 0 Å². The second-order valence-electron chi connectivity index (χ2n) is 4.93. The highest BCUT2D eigenvalue weighted by atomic mass is 16.7. The van der Waals surface area contributed by atoms with E-state index in [1.165, 1.54) is 7.11 Å². The molecule has 19 heavy (non-hydrogen) atoms. The van der Waals surface area contributed by atoms with E-state index in [2.05, 4.69) is 0 Å². The van der Waals surface area contributed by atoms with Gasteiger partial charge in [0.1, 0.15) is 0 Å². The molecule has 0 saturated heterocycles. The molecule has 0 spiro atoms. The number of benzene rings is 1. The predicted molar refractivity (Wildman–Crippen MR) is 69.8 cm³/mol. The van der Waals surface area contributed by atoms with Gasteiger partial charge in [-0.15, -0.1) is 0 Å². The van der Waals surface area contributed by atoms with E-state index in [1.807, 2.05) is 32.0 Å². The Hall–Kier alpha value is -1.75. The van der Waals surface area contributed by atoms with Crippen LogP contribution in [0.4, 0.5) is 0 Å². The number of methoxy groups -OCH3 is 1. The molecule has 5 nitrogen and oxygen atoms in total.